The van der Waals surface area contributed by atoms with E-state index in [0.29, 0.717) is 26.2 Å². The zero-order valence-electron chi connectivity index (χ0n) is 10.9. The number of hydrogen-bond donors (Lipinski definition) is 1. The highest BCUT2D eigenvalue weighted by atomic mass is 35.5. The Labute approximate surface area is 118 Å². The molecule has 2 heterocycles. The van der Waals surface area contributed by atoms with E-state index >= 15 is 0 Å². The Balaban J connectivity index is 0.00000180. The molecule has 0 saturated carbocycles. The molecule has 0 aromatic rings. The molecule has 2 atom stereocenters. The first-order valence-electron chi connectivity index (χ1n) is 6.30. The van der Waals surface area contributed by atoms with Gasteiger partial charge in [0.05, 0.1) is 13.0 Å². The first kappa shape index (κ1) is 16.2. The topological polar surface area (TPSA) is 73.9 Å². The van der Waals surface area contributed by atoms with E-state index in [-0.39, 0.29) is 42.4 Å². The monoisotopic (exact) mass is 293 g/mol. The third-order valence-electron chi connectivity index (χ3n) is 3.41. The summed E-state index contributed by atoms with van der Waals surface area (Å²) < 4.78 is 15.3. The molecule has 0 aromatic carbocycles. The van der Waals surface area contributed by atoms with Gasteiger partial charge >= 0.3 is 11.9 Å². The van der Waals surface area contributed by atoms with Crippen LogP contribution < -0.4 is 5.32 Å². The predicted molar refractivity (Wildman–Crippen MR) is 69.1 cm³/mol. The summed E-state index contributed by atoms with van der Waals surface area (Å²) in [4.78, 5) is 23.2. The van der Waals surface area contributed by atoms with E-state index in [9.17, 15) is 9.59 Å². The van der Waals surface area contributed by atoms with Crippen molar-refractivity contribution in [3.63, 3.8) is 0 Å². The maximum atomic E-state index is 11.9. The van der Waals surface area contributed by atoms with Crippen molar-refractivity contribution in [3.8, 4) is 0 Å². The standard InChI is InChI=1S/C12H19NO5.ClH/c1-16-12(15)10-6-9(7-13-10)18-11(14)8-2-4-17-5-3-8;/h8-10,13H,2-7H2,1H3;1H/t9-,10-;/m0./s1. The molecule has 0 aromatic heterocycles. The van der Waals surface area contributed by atoms with Crippen LogP contribution >= 0.6 is 12.4 Å². The van der Waals surface area contributed by atoms with E-state index in [4.69, 9.17) is 9.47 Å². The van der Waals surface area contributed by atoms with Gasteiger partial charge in [-0.1, -0.05) is 0 Å². The number of ether oxygens (including phenoxy) is 3. The maximum absolute atomic E-state index is 11.9. The minimum atomic E-state index is -0.359. The number of halogens is 1. The molecule has 0 spiro atoms. The number of rotatable bonds is 3. The van der Waals surface area contributed by atoms with E-state index in [2.05, 4.69) is 10.1 Å². The van der Waals surface area contributed by atoms with Gasteiger partial charge in [-0.3, -0.25) is 9.59 Å². The Hall–Kier alpha value is -0.850. The van der Waals surface area contributed by atoms with Crippen LogP contribution in [0.3, 0.4) is 0 Å². The van der Waals surface area contributed by atoms with Crippen LogP contribution in [-0.4, -0.2) is 51.0 Å². The van der Waals surface area contributed by atoms with Crippen LogP contribution in [0.1, 0.15) is 19.3 Å². The van der Waals surface area contributed by atoms with Crippen molar-refractivity contribution in [2.45, 2.75) is 31.4 Å². The van der Waals surface area contributed by atoms with Crippen LogP contribution in [0.2, 0.25) is 0 Å². The first-order chi connectivity index (χ1) is 8.70. The molecule has 7 heteroatoms. The summed E-state index contributed by atoms with van der Waals surface area (Å²) in [5, 5.41) is 2.99. The second-order valence-corrected chi connectivity index (χ2v) is 4.67. The molecule has 2 rings (SSSR count). The minimum absolute atomic E-state index is 0. The van der Waals surface area contributed by atoms with Gasteiger partial charge < -0.3 is 19.5 Å². The van der Waals surface area contributed by atoms with Gasteiger partial charge in [0, 0.05) is 26.2 Å². The fourth-order valence-corrected chi connectivity index (χ4v) is 2.31. The summed E-state index contributed by atoms with van der Waals surface area (Å²) in [6.07, 6.45) is 1.70. The molecule has 6 nitrogen and oxygen atoms in total. The fraction of sp³-hybridized carbons (Fsp3) is 0.833. The van der Waals surface area contributed by atoms with E-state index < -0.39 is 0 Å². The summed E-state index contributed by atoms with van der Waals surface area (Å²) in [5.74, 6) is -0.536. The minimum Gasteiger partial charge on any atom is -0.468 e. The maximum Gasteiger partial charge on any atom is 0.323 e. The van der Waals surface area contributed by atoms with Crippen LogP contribution in [0, 0.1) is 5.92 Å². The summed E-state index contributed by atoms with van der Waals surface area (Å²) in [5.41, 5.74) is 0. The van der Waals surface area contributed by atoms with Crippen molar-refractivity contribution in [3.05, 3.63) is 0 Å². The van der Waals surface area contributed by atoms with Crippen LogP contribution in [0.25, 0.3) is 0 Å². The van der Waals surface area contributed by atoms with Crippen molar-refractivity contribution < 1.29 is 23.8 Å². The van der Waals surface area contributed by atoms with Gasteiger partial charge in [-0.15, -0.1) is 12.4 Å². The average Bonchev–Trinajstić information content (AvgIpc) is 2.87. The molecule has 1 N–H and O–H groups in total. The Bertz CT molecular complexity index is 319. The number of nitrogens with one attached hydrogen (secondary N) is 1. The lowest BCUT2D eigenvalue weighted by atomic mass is 10.0. The van der Waals surface area contributed by atoms with Gasteiger partial charge in [0.1, 0.15) is 12.1 Å². The smallest absolute Gasteiger partial charge is 0.323 e. The first-order valence-corrected chi connectivity index (χ1v) is 6.30. The molecule has 0 radical (unpaired) electrons. The zero-order valence-corrected chi connectivity index (χ0v) is 11.7. The molecule has 0 bridgehead atoms. The highest BCUT2D eigenvalue weighted by Gasteiger charge is 2.34. The van der Waals surface area contributed by atoms with Gasteiger partial charge in [-0.2, -0.15) is 0 Å². The van der Waals surface area contributed by atoms with E-state index in [1.807, 2.05) is 0 Å². The Morgan fingerprint density at radius 1 is 1.21 bits per heavy atom. The lowest BCUT2D eigenvalue weighted by molar-refractivity contribution is -0.157. The Morgan fingerprint density at radius 3 is 2.53 bits per heavy atom. The molecular formula is C12H20ClNO5. The quantitative estimate of drug-likeness (QED) is 0.754. The van der Waals surface area contributed by atoms with Crippen molar-refractivity contribution in [1.29, 1.82) is 0 Å². The van der Waals surface area contributed by atoms with E-state index in [0.717, 1.165) is 12.8 Å². The normalized spacial score (nSPS) is 27.4. The third kappa shape index (κ3) is 4.33. The van der Waals surface area contributed by atoms with E-state index in [1.165, 1.54) is 7.11 Å². The summed E-state index contributed by atoms with van der Waals surface area (Å²) in [6, 6.07) is -0.359. The zero-order chi connectivity index (χ0) is 13.0. The molecule has 2 aliphatic heterocycles. The molecule has 0 aliphatic carbocycles. The molecular weight excluding hydrogens is 274 g/mol. The Kier molecular flexibility index (Phi) is 6.54. The van der Waals surface area contributed by atoms with Crippen molar-refractivity contribution in [2.75, 3.05) is 26.9 Å². The number of hydrogen-bond acceptors (Lipinski definition) is 6. The SMILES string of the molecule is COC(=O)[C@@H]1C[C@H](OC(=O)C2CCOCC2)CN1.Cl. The average molecular weight is 294 g/mol. The van der Waals surface area contributed by atoms with Crippen LogP contribution in [-0.2, 0) is 23.8 Å². The molecule has 2 saturated heterocycles. The van der Waals surface area contributed by atoms with E-state index in [1.54, 1.807) is 0 Å². The molecule has 0 unspecified atom stereocenters. The second kappa shape index (κ2) is 7.67. The number of methoxy groups -OCH3 is 1. The second-order valence-electron chi connectivity index (χ2n) is 4.67. The molecule has 2 aliphatic rings. The van der Waals surface area contributed by atoms with Crippen molar-refractivity contribution >= 4 is 24.3 Å². The molecule has 0 amide bonds. The summed E-state index contributed by atoms with van der Waals surface area (Å²) >= 11 is 0. The number of carbonyl (C=O) groups is 2. The van der Waals surface area contributed by atoms with Gasteiger partial charge in [-0.25, -0.2) is 0 Å². The summed E-state index contributed by atoms with van der Waals surface area (Å²) in [7, 11) is 1.35. The van der Waals surface area contributed by atoms with Gasteiger partial charge in [0.2, 0.25) is 0 Å². The Morgan fingerprint density at radius 2 is 1.89 bits per heavy atom. The largest absolute Gasteiger partial charge is 0.468 e. The van der Waals surface area contributed by atoms with Crippen LogP contribution in [0.4, 0.5) is 0 Å². The van der Waals surface area contributed by atoms with Gasteiger partial charge in [0.25, 0.3) is 0 Å². The van der Waals surface area contributed by atoms with Crippen molar-refractivity contribution in [2.24, 2.45) is 5.92 Å². The third-order valence-corrected chi connectivity index (χ3v) is 3.41. The van der Waals surface area contributed by atoms with Crippen LogP contribution in [0.15, 0.2) is 0 Å². The number of carbonyl (C=O) groups excluding carboxylic acids is 2. The molecule has 19 heavy (non-hydrogen) atoms. The number of esters is 2. The van der Waals surface area contributed by atoms with Gasteiger partial charge in [-0.05, 0) is 12.8 Å². The molecule has 110 valence electrons. The fourth-order valence-electron chi connectivity index (χ4n) is 2.31. The lowest BCUT2D eigenvalue weighted by Gasteiger charge is -2.22. The van der Waals surface area contributed by atoms with Crippen LogP contribution in [0.5, 0.6) is 0 Å². The van der Waals surface area contributed by atoms with Gasteiger partial charge in [0.15, 0.2) is 0 Å². The van der Waals surface area contributed by atoms with Crippen molar-refractivity contribution in [1.82, 2.24) is 5.32 Å². The summed E-state index contributed by atoms with van der Waals surface area (Å²) in [6.45, 7) is 1.75. The molecule has 2 fully saturated rings. The lowest BCUT2D eigenvalue weighted by Crippen LogP contribution is -2.31. The highest BCUT2D eigenvalue weighted by Crippen LogP contribution is 2.19. The predicted octanol–water partition coefficient (Wildman–Crippen LogP) is 0.281. The highest BCUT2D eigenvalue weighted by molar-refractivity contribution is 5.85.